The van der Waals surface area contributed by atoms with Crippen LogP contribution in [0.5, 0.6) is 17.2 Å². The SMILES string of the molecule is CN(CCN(CCCCCC[PH](c1ccccc1)(c1ccccc1)c1ccccc1)C(=O)Oc1ccc(O)c(O)c1)C(=O)OC(C)(C)C. The monoisotopic (exact) mass is 672 g/mol. The molecule has 4 aromatic rings. The number of hydrogen-bond donors (Lipinski definition) is 2. The van der Waals surface area contributed by atoms with Gasteiger partial charge in [0.15, 0.2) is 5.75 Å². The van der Waals surface area contributed by atoms with Crippen LogP contribution in [0.2, 0.25) is 0 Å². The maximum atomic E-state index is 13.3. The van der Waals surface area contributed by atoms with E-state index in [1.807, 2.05) is 20.8 Å². The normalized spacial score (nSPS) is 11.8. The number of hydrogen-bond acceptors (Lipinski definition) is 6. The first-order valence-electron chi connectivity index (χ1n) is 16.6. The quantitative estimate of drug-likeness (QED) is 0.0847. The van der Waals surface area contributed by atoms with E-state index in [9.17, 15) is 19.8 Å². The number of rotatable bonds is 14. The number of ether oxygens (including phenoxy) is 2. The van der Waals surface area contributed by atoms with Crippen LogP contribution >= 0.6 is 7.26 Å². The zero-order chi connectivity index (χ0) is 34.6. The van der Waals surface area contributed by atoms with Crippen LogP contribution in [-0.4, -0.2) is 70.6 Å². The number of unbranched alkanes of at least 4 members (excludes halogenated alkanes) is 3. The number of nitrogens with zero attached hydrogens (tertiary/aromatic N) is 2. The molecule has 2 amide bonds. The van der Waals surface area contributed by atoms with Crippen LogP contribution in [0.4, 0.5) is 9.59 Å². The summed E-state index contributed by atoms with van der Waals surface area (Å²) in [4.78, 5) is 28.8. The number of aromatic hydroxyl groups is 2. The van der Waals surface area contributed by atoms with Gasteiger partial charge in [0.2, 0.25) is 0 Å². The predicted octanol–water partition coefficient (Wildman–Crippen LogP) is 7.05. The molecule has 256 valence electrons. The van der Waals surface area contributed by atoms with Crippen LogP contribution in [0.3, 0.4) is 0 Å². The van der Waals surface area contributed by atoms with Gasteiger partial charge >= 0.3 is 243 Å². The van der Waals surface area contributed by atoms with E-state index in [2.05, 4.69) is 91.0 Å². The number of likely N-dealkylation sites (N-methyl/N-ethyl adjacent to an activating group) is 1. The van der Waals surface area contributed by atoms with Crippen molar-refractivity contribution in [1.29, 1.82) is 0 Å². The van der Waals surface area contributed by atoms with Crippen LogP contribution in [-0.2, 0) is 4.74 Å². The average Bonchev–Trinajstić information content (AvgIpc) is 3.07. The molecular weight excluding hydrogens is 623 g/mol. The van der Waals surface area contributed by atoms with Crippen molar-refractivity contribution < 1.29 is 29.3 Å². The van der Waals surface area contributed by atoms with Gasteiger partial charge in [-0.25, -0.2) is 0 Å². The molecule has 0 aliphatic heterocycles. The molecule has 4 aromatic carbocycles. The van der Waals surface area contributed by atoms with Crippen LogP contribution in [0.15, 0.2) is 109 Å². The molecule has 0 spiro atoms. The minimum Gasteiger partial charge on any atom is -0.0253 e. The Kier molecular flexibility index (Phi) is 12.9. The van der Waals surface area contributed by atoms with Crippen LogP contribution < -0.4 is 20.7 Å². The summed E-state index contributed by atoms with van der Waals surface area (Å²) in [6.45, 7) is 6.35. The first-order chi connectivity index (χ1) is 23.0. The van der Waals surface area contributed by atoms with Gasteiger partial charge < -0.3 is 10.2 Å². The summed E-state index contributed by atoms with van der Waals surface area (Å²) in [7, 11) is -0.664. The van der Waals surface area contributed by atoms with Gasteiger partial charge in [-0.05, 0) is 20.8 Å². The minimum atomic E-state index is -2.30. The summed E-state index contributed by atoms with van der Waals surface area (Å²) in [6, 6.07) is 36.6. The molecule has 0 aliphatic rings. The third kappa shape index (κ3) is 9.98. The molecule has 0 saturated carbocycles. The molecule has 0 atom stereocenters. The fourth-order valence-corrected chi connectivity index (χ4v) is 10.8. The Morgan fingerprint density at radius 1 is 0.646 bits per heavy atom. The van der Waals surface area contributed by atoms with E-state index in [1.54, 1.807) is 11.9 Å². The number of phenolic OH excluding ortho intramolecular Hbond substituents is 2. The van der Waals surface area contributed by atoms with E-state index in [1.165, 1.54) is 39.0 Å². The van der Waals surface area contributed by atoms with E-state index in [0.717, 1.165) is 31.8 Å². The summed E-state index contributed by atoms with van der Waals surface area (Å²) in [5.41, 5.74) is -0.632. The second-order valence-corrected chi connectivity index (χ2v) is 17.1. The molecule has 0 aliphatic carbocycles. The number of phenols is 2. The second kappa shape index (κ2) is 17.0. The zero-order valence-corrected chi connectivity index (χ0v) is 29.5. The molecule has 48 heavy (non-hydrogen) atoms. The zero-order valence-electron chi connectivity index (χ0n) is 28.5. The van der Waals surface area contributed by atoms with Crippen molar-refractivity contribution in [3.05, 3.63) is 109 Å². The summed E-state index contributed by atoms with van der Waals surface area (Å²) < 4.78 is 11.0. The molecular formula is C39H49N2O6P. The van der Waals surface area contributed by atoms with Crippen LogP contribution in [0.25, 0.3) is 0 Å². The van der Waals surface area contributed by atoms with Crippen molar-refractivity contribution >= 4 is 35.4 Å². The van der Waals surface area contributed by atoms with Crippen molar-refractivity contribution in [2.75, 3.05) is 32.8 Å². The summed E-state index contributed by atoms with van der Waals surface area (Å²) in [6.07, 6.45) is 3.68. The number of carbonyl (C=O) groups excluding carboxylic acids is 2. The van der Waals surface area contributed by atoms with E-state index < -0.39 is 25.1 Å². The fourth-order valence-electron chi connectivity index (χ4n) is 5.88. The molecule has 0 fully saturated rings. The molecule has 0 radical (unpaired) electrons. The Hall–Kier alpha value is -4.55. The summed E-state index contributed by atoms with van der Waals surface area (Å²) in [5.74, 6) is -0.563. The second-order valence-electron chi connectivity index (χ2n) is 13.1. The molecule has 0 heterocycles. The fraction of sp³-hybridized carbons (Fsp3) is 0.333. The Morgan fingerprint density at radius 2 is 1.17 bits per heavy atom. The van der Waals surface area contributed by atoms with Crippen LogP contribution in [0, 0.1) is 0 Å². The number of carbonyl (C=O) groups is 2. The van der Waals surface area contributed by atoms with E-state index in [-0.39, 0.29) is 30.3 Å². The Balaban J connectivity index is 1.43. The molecule has 2 N–H and O–H groups in total. The third-order valence-electron chi connectivity index (χ3n) is 8.35. The summed E-state index contributed by atoms with van der Waals surface area (Å²) >= 11 is 0. The van der Waals surface area contributed by atoms with Crippen molar-refractivity contribution in [2.24, 2.45) is 0 Å². The van der Waals surface area contributed by atoms with Gasteiger partial charge in [0.05, 0.1) is 0 Å². The minimum absolute atomic E-state index is 0.116. The standard InChI is InChI=1S/C39H49N2O6P/c1-39(2,3)47-37(44)40(4)27-28-41(38(45)46-31-24-25-35(42)36(43)30-31)26-16-5-6-17-29-48(32-18-10-7-11-19-32,33-20-12-8-13-21-33)34-22-14-9-15-23-34/h7-15,18-25,30,42-43,48H,5-6,16-17,26-29H2,1-4H3. The van der Waals surface area contributed by atoms with Gasteiger partial charge in [0.1, 0.15) is 5.60 Å². The van der Waals surface area contributed by atoms with Gasteiger partial charge in [0, 0.05) is 0 Å². The smallest absolute Gasteiger partial charge is 0.0253 e. The first kappa shape index (κ1) is 36.3. The molecule has 0 unspecified atom stereocenters. The Bertz CT molecular complexity index is 1500. The van der Waals surface area contributed by atoms with Gasteiger partial charge in [-0.3, -0.25) is 0 Å². The molecule has 0 aromatic heterocycles. The maximum absolute atomic E-state index is 13.3. The van der Waals surface area contributed by atoms with Crippen molar-refractivity contribution in [3.8, 4) is 17.2 Å². The van der Waals surface area contributed by atoms with Crippen molar-refractivity contribution in [2.45, 2.75) is 52.1 Å². The van der Waals surface area contributed by atoms with Gasteiger partial charge in [-0.1, -0.05) is 0 Å². The molecule has 0 bridgehead atoms. The molecule has 0 saturated heterocycles. The molecule has 4 rings (SSSR count). The van der Waals surface area contributed by atoms with E-state index in [0.29, 0.717) is 6.54 Å². The molecule has 8 nitrogen and oxygen atoms in total. The van der Waals surface area contributed by atoms with Gasteiger partial charge in [-0.15, -0.1) is 0 Å². The molecule has 9 heteroatoms. The summed E-state index contributed by atoms with van der Waals surface area (Å²) in [5, 5.41) is 23.7. The van der Waals surface area contributed by atoms with E-state index >= 15 is 0 Å². The van der Waals surface area contributed by atoms with Crippen molar-refractivity contribution in [3.63, 3.8) is 0 Å². The Morgan fingerprint density at radius 3 is 1.67 bits per heavy atom. The van der Waals surface area contributed by atoms with Crippen molar-refractivity contribution in [1.82, 2.24) is 9.80 Å². The number of amides is 2. The Labute approximate surface area is 285 Å². The topological polar surface area (TPSA) is 99.5 Å². The number of benzene rings is 4. The van der Waals surface area contributed by atoms with Gasteiger partial charge in [0.25, 0.3) is 0 Å². The van der Waals surface area contributed by atoms with E-state index in [4.69, 9.17) is 9.47 Å². The third-order valence-corrected chi connectivity index (χ3v) is 13.4. The average molecular weight is 673 g/mol. The first-order valence-corrected chi connectivity index (χ1v) is 18.8. The van der Waals surface area contributed by atoms with Crippen LogP contribution in [0.1, 0.15) is 46.5 Å². The predicted molar refractivity (Wildman–Crippen MR) is 196 cm³/mol. The van der Waals surface area contributed by atoms with Gasteiger partial charge in [-0.2, -0.15) is 0 Å².